The third-order valence-corrected chi connectivity index (χ3v) is 6.35. The van der Waals surface area contributed by atoms with E-state index in [-0.39, 0.29) is 13.0 Å². The molecule has 0 bridgehead atoms. The summed E-state index contributed by atoms with van der Waals surface area (Å²) in [6.07, 6.45) is 0.976. The zero-order valence-corrected chi connectivity index (χ0v) is 23.0. The van der Waals surface area contributed by atoms with Crippen LogP contribution in [0.15, 0.2) is 0 Å². The highest BCUT2D eigenvalue weighted by molar-refractivity contribution is 5.88. The van der Waals surface area contributed by atoms with Crippen molar-refractivity contribution in [2.75, 3.05) is 19.7 Å². The number of halogens is 15. The summed E-state index contributed by atoms with van der Waals surface area (Å²) in [6, 6.07) is 0. The largest absolute Gasteiger partial charge is 0.464 e. The molecule has 0 heterocycles. The van der Waals surface area contributed by atoms with E-state index in [4.69, 9.17) is 0 Å². The van der Waals surface area contributed by atoms with Crippen molar-refractivity contribution in [3.8, 4) is 0 Å². The first-order valence-corrected chi connectivity index (χ1v) is 13.1. The van der Waals surface area contributed by atoms with Crippen molar-refractivity contribution in [3.63, 3.8) is 0 Å². The number of amides is 1. The average molecular weight is 667 g/mol. The maximum atomic E-state index is 14.2. The van der Waals surface area contributed by atoms with Crippen LogP contribution in [0.5, 0.6) is 0 Å². The van der Waals surface area contributed by atoms with Gasteiger partial charge >= 0.3 is 47.7 Å². The van der Waals surface area contributed by atoms with Gasteiger partial charge in [-0.1, -0.05) is 64.7 Å². The van der Waals surface area contributed by atoms with Crippen molar-refractivity contribution < 1.29 is 80.2 Å². The molecule has 0 aliphatic heterocycles. The van der Waals surface area contributed by atoms with Gasteiger partial charge in [0.2, 0.25) is 0 Å². The Labute approximate surface area is 237 Å². The SMILES string of the molecule is CCCCCCCCCCCCOC(=O)CN(CC)C(=O)C(F)(F)C(F)(F)C(F)(F)C(F)(F)C(F)(F)C(F)(F)C(F)(F)F. The Bertz CT molecular complexity index is 892. The standard InChI is InChI=1S/C24H32F15NO3/c1-3-5-6-7-8-9-10-11-12-13-14-43-16(41)15-40(4-2)17(42)18(25,26)19(27,28)20(29,30)21(31,32)22(33,34)23(35,36)24(37,38)39/h3-15H2,1-2H3. The molecule has 0 aromatic heterocycles. The maximum absolute atomic E-state index is 14.2. The quantitative estimate of drug-likeness (QED) is 0.0742. The van der Waals surface area contributed by atoms with Crippen molar-refractivity contribution in [3.05, 3.63) is 0 Å². The van der Waals surface area contributed by atoms with Gasteiger partial charge in [-0.15, -0.1) is 0 Å². The number of hydrogen-bond donors (Lipinski definition) is 0. The predicted molar refractivity (Wildman–Crippen MR) is 121 cm³/mol. The molecule has 0 saturated heterocycles. The Morgan fingerprint density at radius 1 is 0.535 bits per heavy atom. The minimum Gasteiger partial charge on any atom is -0.464 e. The van der Waals surface area contributed by atoms with E-state index in [9.17, 15) is 75.4 Å². The van der Waals surface area contributed by atoms with Crippen LogP contribution < -0.4 is 0 Å². The summed E-state index contributed by atoms with van der Waals surface area (Å²) in [5.41, 5.74) is 0. The van der Waals surface area contributed by atoms with Crippen LogP contribution in [-0.4, -0.2) is 78.2 Å². The van der Waals surface area contributed by atoms with E-state index in [1.54, 1.807) is 0 Å². The van der Waals surface area contributed by atoms with Crippen molar-refractivity contribution in [1.29, 1.82) is 0 Å². The summed E-state index contributed by atoms with van der Waals surface area (Å²) in [5, 5.41) is 0. The minimum absolute atomic E-state index is 0.230. The van der Waals surface area contributed by atoms with Gasteiger partial charge in [-0.25, -0.2) is 0 Å². The Balaban J connectivity index is 5.44. The molecule has 0 radical (unpaired) electrons. The molecule has 0 rings (SSSR count). The molecule has 19 heteroatoms. The molecule has 0 spiro atoms. The first-order chi connectivity index (χ1) is 19.3. The molecule has 0 aliphatic carbocycles. The molecule has 0 N–H and O–H groups in total. The van der Waals surface area contributed by atoms with E-state index >= 15 is 0 Å². The summed E-state index contributed by atoms with van der Waals surface area (Å²) in [5.74, 6) is -53.6. The average Bonchev–Trinajstić information content (AvgIpc) is 2.88. The zero-order valence-electron chi connectivity index (χ0n) is 23.0. The number of likely N-dealkylation sites (N-methyl/N-ethyl adjacent to an activating group) is 1. The van der Waals surface area contributed by atoms with Gasteiger partial charge in [-0.2, -0.15) is 65.9 Å². The molecule has 0 fully saturated rings. The van der Waals surface area contributed by atoms with Gasteiger partial charge in [-0.05, 0) is 13.3 Å². The first kappa shape index (κ1) is 40.9. The Morgan fingerprint density at radius 2 is 0.907 bits per heavy atom. The number of alkyl halides is 15. The van der Waals surface area contributed by atoms with E-state index < -0.39 is 71.6 Å². The molecule has 0 aliphatic rings. The van der Waals surface area contributed by atoms with Crippen LogP contribution in [0.1, 0.15) is 78.1 Å². The number of esters is 1. The zero-order chi connectivity index (χ0) is 34.1. The molecule has 43 heavy (non-hydrogen) atoms. The molecule has 0 unspecified atom stereocenters. The number of nitrogens with zero attached hydrogens (tertiary/aromatic N) is 1. The second kappa shape index (κ2) is 15.3. The van der Waals surface area contributed by atoms with E-state index in [1.165, 1.54) is 0 Å². The van der Waals surface area contributed by atoms with Gasteiger partial charge in [0.1, 0.15) is 6.54 Å². The van der Waals surface area contributed by atoms with Crippen LogP contribution in [-0.2, 0) is 14.3 Å². The lowest BCUT2D eigenvalue weighted by molar-refractivity contribution is -0.449. The van der Waals surface area contributed by atoms with Gasteiger partial charge in [-0.3, -0.25) is 9.59 Å². The predicted octanol–water partition coefficient (Wildman–Crippen LogP) is 8.67. The molecule has 4 nitrogen and oxygen atoms in total. The number of unbranched alkanes of at least 4 members (excludes halogenated alkanes) is 9. The summed E-state index contributed by atoms with van der Waals surface area (Å²) in [7, 11) is 0. The van der Waals surface area contributed by atoms with Gasteiger partial charge in [0.25, 0.3) is 5.91 Å². The lowest BCUT2D eigenvalue weighted by Gasteiger charge is -2.41. The van der Waals surface area contributed by atoms with Gasteiger partial charge < -0.3 is 9.64 Å². The highest BCUT2D eigenvalue weighted by atomic mass is 19.4. The summed E-state index contributed by atoms with van der Waals surface area (Å²) in [6.45, 7) is -0.421. The van der Waals surface area contributed by atoms with Crippen LogP contribution in [0.3, 0.4) is 0 Å². The highest BCUT2D eigenvalue weighted by Gasteiger charge is 2.94. The molecular weight excluding hydrogens is 635 g/mol. The normalized spacial score (nSPS) is 14.2. The topological polar surface area (TPSA) is 46.6 Å². The van der Waals surface area contributed by atoms with Crippen molar-refractivity contribution >= 4 is 11.9 Å². The minimum atomic E-state index is -8.50. The second-order valence-corrected chi connectivity index (χ2v) is 9.67. The smallest absolute Gasteiger partial charge is 0.460 e. The van der Waals surface area contributed by atoms with Crippen molar-refractivity contribution in [2.24, 2.45) is 0 Å². The molecular formula is C24H32F15NO3. The Morgan fingerprint density at radius 3 is 1.30 bits per heavy atom. The highest BCUT2D eigenvalue weighted by Crippen LogP contribution is 2.62. The maximum Gasteiger partial charge on any atom is 0.460 e. The van der Waals surface area contributed by atoms with Crippen molar-refractivity contribution in [1.82, 2.24) is 4.90 Å². The van der Waals surface area contributed by atoms with E-state index in [0.29, 0.717) is 13.3 Å². The Hall–Kier alpha value is -2.11. The number of carbonyl (C=O) groups excluding carboxylic acids is 2. The van der Waals surface area contributed by atoms with Gasteiger partial charge in [0, 0.05) is 6.54 Å². The lowest BCUT2D eigenvalue weighted by atomic mass is 9.90. The third-order valence-electron chi connectivity index (χ3n) is 6.35. The van der Waals surface area contributed by atoms with Crippen LogP contribution in [0.25, 0.3) is 0 Å². The number of carbonyl (C=O) groups is 2. The molecule has 0 aromatic carbocycles. The monoisotopic (exact) mass is 667 g/mol. The van der Waals surface area contributed by atoms with Crippen LogP contribution >= 0.6 is 0 Å². The molecule has 0 atom stereocenters. The number of rotatable bonds is 20. The summed E-state index contributed by atoms with van der Waals surface area (Å²) < 4.78 is 205. The van der Waals surface area contributed by atoms with Gasteiger partial charge in [0.05, 0.1) is 6.61 Å². The lowest BCUT2D eigenvalue weighted by Crippen LogP contribution is -2.74. The first-order valence-electron chi connectivity index (χ1n) is 13.1. The Kier molecular flexibility index (Phi) is 14.5. The molecule has 256 valence electrons. The molecule has 0 saturated carbocycles. The molecule has 1 amide bonds. The van der Waals surface area contributed by atoms with Gasteiger partial charge in [0.15, 0.2) is 0 Å². The van der Waals surface area contributed by atoms with Crippen LogP contribution in [0.2, 0.25) is 0 Å². The second-order valence-electron chi connectivity index (χ2n) is 9.67. The van der Waals surface area contributed by atoms with E-state index in [1.807, 2.05) is 0 Å². The molecule has 0 aromatic rings. The third kappa shape index (κ3) is 8.75. The van der Waals surface area contributed by atoms with Crippen LogP contribution in [0, 0.1) is 0 Å². The fourth-order valence-electron chi connectivity index (χ4n) is 3.60. The van der Waals surface area contributed by atoms with E-state index in [2.05, 4.69) is 11.7 Å². The number of hydrogen-bond acceptors (Lipinski definition) is 3. The fourth-order valence-corrected chi connectivity index (χ4v) is 3.60. The van der Waals surface area contributed by atoms with E-state index in [0.717, 1.165) is 51.4 Å². The fraction of sp³-hybridized carbons (Fsp3) is 0.917. The summed E-state index contributed by atoms with van der Waals surface area (Å²) in [4.78, 5) is 23.1. The number of ether oxygens (including phenoxy) is 1. The summed E-state index contributed by atoms with van der Waals surface area (Å²) >= 11 is 0. The van der Waals surface area contributed by atoms with Crippen molar-refractivity contribution in [2.45, 2.75) is 120 Å². The van der Waals surface area contributed by atoms with Crippen LogP contribution in [0.4, 0.5) is 65.9 Å².